The maximum atomic E-state index is 6.23. The molecule has 4 rings (SSSR count). The van der Waals surface area contributed by atoms with Crippen LogP contribution in [0.2, 0.25) is 0 Å². The lowest BCUT2D eigenvalue weighted by Crippen LogP contribution is -2.26. The monoisotopic (exact) mass is 387 g/mol. The molecule has 0 bridgehead atoms. The van der Waals surface area contributed by atoms with Crippen LogP contribution in [-0.4, -0.2) is 29.7 Å². The van der Waals surface area contributed by atoms with Gasteiger partial charge in [-0.2, -0.15) is 0 Å². The molecule has 148 valence electrons. The second-order valence-corrected chi connectivity index (χ2v) is 7.07. The predicted octanol–water partition coefficient (Wildman–Crippen LogP) is 5.11. The fourth-order valence-corrected chi connectivity index (χ4v) is 3.49. The summed E-state index contributed by atoms with van der Waals surface area (Å²) in [6.07, 6.45) is 2.45. The first kappa shape index (κ1) is 19.2. The van der Waals surface area contributed by atoms with E-state index >= 15 is 0 Å². The van der Waals surface area contributed by atoms with Crippen LogP contribution in [0.5, 0.6) is 5.88 Å². The topological polar surface area (TPSA) is 60.2 Å². The third kappa shape index (κ3) is 3.87. The molecule has 0 amide bonds. The highest BCUT2D eigenvalue weighted by Gasteiger charge is 2.23. The summed E-state index contributed by atoms with van der Waals surface area (Å²) in [5, 5.41) is 3.94. The zero-order chi connectivity index (χ0) is 20.2. The number of aryl methyl sites for hydroxylation is 1. The third-order valence-corrected chi connectivity index (χ3v) is 4.94. The van der Waals surface area contributed by atoms with Crippen LogP contribution >= 0.6 is 0 Å². The molecule has 1 unspecified atom stereocenters. The molecule has 0 aliphatic carbocycles. The van der Waals surface area contributed by atoms with Crippen molar-refractivity contribution in [3.8, 4) is 28.3 Å². The van der Waals surface area contributed by atoms with Crippen LogP contribution in [0, 0.1) is 0 Å². The number of aromatic nitrogens is 2. The molecule has 5 heteroatoms. The summed E-state index contributed by atoms with van der Waals surface area (Å²) in [6.45, 7) is 4.88. The number of benzene rings is 2. The quantitative estimate of drug-likeness (QED) is 0.478. The Hall–Kier alpha value is -3.18. The third-order valence-electron chi connectivity index (χ3n) is 4.94. The molecule has 0 aliphatic heterocycles. The molecule has 1 atom stereocenters. The zero-order valence-corrected chi connectivity index (χ0v) is 17.0. The molecular weight excluding hydrogens is 362 g/mol. The maximum Gasteiger partial charge on any atom is 0.234 e. The van der Waals surface area contributed by atoms with Crippen molar-refractivity contribution >= 4 is 11.1 Å². The van der Waals surface area contributed by atoms with Gasteiger partial charge in [-0.1, -0.05) is 61.5 Å². The van der Waals surface area contributed by atoms with Crippen LogP contribution in [0.3, 0.4) is 0 Å². The van der Waals surface area contributed by atoms with Gasteiger partial charge in [-0.25, -0.2) is 9.97 Å². The Balaban J connectivity index is 1.95. The molecule has 2 aromatic heterocycles. The van der Waals surface area contributed by atoms with E-state index < -0.39 is 0 Å². The summed E-state index contributed by atoms with van der Waals surface area (Å²) in [6, 6.07) is 18.6. The van der Waals surface area contributed by atoms with Crippen LogP contribution in [-0.2, 0) is 6.42 Å². The highest BCUT2D eigenvalue weighted by Crippen LogP contribution is 2.43. The molecule has 1 N–H and O–H groups in total. The second-order valence-electron chi connectivity index (χ2n) is 7.07. The number of hydrogen-bond acceptors (Lipinski definition) is 5. The number of ether oxygens (including phenoxy) is 1. The van der Waals surface area contributed by atoms with Gasteiger partial charge in [0.05, 0.1) is 0 Å². The van der Waals surface area contributed by atoms with E-state index in [1.165, 1.54) is 11.9 Å². The van der Waals surface area contributed by atoms with Crippen molar-refractivity contribution in [2.24, 2.45) is 0 Å². The normalized spacial score (nSPS) is 12.2. The summed E-state index contributed by atoms with van der Waals surface area (Å²) in [5.74, 6) is 1.31. The van der Waals surface area contributed by atoms with Crippen molar-refractivity contribution in [1.29, 1.82) is 0 Å². The molecule has 2 heterocycles. The van der Waals surface area contributed by atoms with E-state index in [-0.39, 0.29) is 6.10 Å². The molecule has 0 fully saturated rings. The molecule has 0 aliphatic rings. The van der Waals surface area contributed by atoms with Gasteiger partial charge >= 0.3 is 0 Å². The number of nitrogens with one attached hydrogen (secondary N) is 1. The van der Waals surface area contributed by atoms with Crippen molar-refractivity contribution in [1.82, 2.24) is 15.3 Å². The molecule has 0 saturated carbocycles. The molecule has 4 aromatic rings. The summed E-state index contributed by atoms with van der Waals surface area (Å²) < 4.78 is 12.4. The van der Waals surface area contributed by atoms with Gasteiger partial charge < -0.3 is 14.5 Å². The standard InChI is InChI=1S/C24H25N3O2/c1-4-17-10-12-18(13-11-17)20-21-23(28-16(2)14-25-3)26-15-27-24(21)29-22(20)19-8-6-5-7-9-19/h5-13,15-16,25H,4,14H2,1-3H3. The smallest absolute Gasteiger partial charge is 0.234 e. The number of fused-ring (bicyclic) bond motifs is 1. The van der Waals surface area contributed by atoms with E-state index in [4.69, 9.17) is 9.15 Å². The molecular formula is C24H25N3O2. The van der Waals surface area contributed by atoms with E-state index in [0.29, 0.717) is 11.6 Å². The van der Waals surface area contributed by atoms with E-state index in [9.17, 15) is 0 Å². The Morgan fingerprint density at radius 3 is 2.45 bits per heavy atom. The van der Waals surface area contributed by atoms with Gasteiger partial charge in [0.15, 0.2) is 0 Å². The number of hydrogen-bond donors (Lipinski definition) is 1. The Morgan fingerprint density at radius 1 is 1.00 bits per heavy atom. The van der Waals surface area contributed by atoms with Crippen LogP contribution < -0.4 is 10.1 Å². The van der Waals surface area contributed by atoms with Crippen LogP contribution in [0.25, 0.3) is 33.6 Å². The van der Waals surface area contributed by atoms with Crippen molar-refractivity contribution in [3.05, 3.63) is 66.5 Å². The molecule has 29 heavy (non-hydrogen) atoms. The SMILES string of the molecule is CCc1ccc(-c2c(-c3ccccc3)oc3ncnc(OC(C)CNC)c23)cc1. The highest BCUT2D eigenvalue weighted by atomic mass is 16.5. The van der Waals surface area contributed by atoms with Crippen LogP contribution in [0.4, 0.5) is 0 Å². The van der Waals surface area contributed by atoms with Gasteiger partial charge in [-0.15, -0.1) is 0 Å². The van der Waals surface area contributed by atoms with Crippen LogP contribution in [0.1, 0.15) is 19.4 Å². The average molecular weight is 387 g/mol. The first-order valence-corrected chi connectivity index (χ1v) is 9.94. The summed E-state index contributed by atoms with van der Waals surface area (Å²) in [5.41, 5.74) is 4.83. The minimum absolute atomic E-state index is 0.0384. The zero-order valence-electron chi connectivity index (χ0n) is 17.0. The fourth-order valence-electron chi connectivity index (χ4n) is 3.49. The molecule has 0 radical (unpaired) electrons. The lowest BCUT2D eigenvalue weighted by atomic mass is 9.98. The minimum Gasteiger partial charge on any atom is -0.473 e. The number of likely N-dealkylation sites (N-methyl/N-ethyl adjacent to an activating group) is 1. The number of nitrogens with zero attached hydrogens (tertiary/aromatic N) is 2. The lowest BCUT2D eigenvalue weighted by Gasteiger charge is -2.14. The Labute approximate surface area is 170 Å². The first-order chi connectivity index (χ1) is 14.2. The van der Waals surface area contributed by atoms with Gasteiger partial charge in [0.1, 0.15) is 23.6 Å². The second kappa shape index (κ2) is 8.45. The largest absolute Gasteiger partial charge is 0.473 e. The average Bonchev–Trinajstić information content (AvgIpc) is 3.15. The fraction of sp³-hybridized carbons (Fsp3) is 0.250. The van der Waals surface area contributed by atoms with Gasteiger partial charge in [0, 0.05) is 17.7 Å². The molecule has 0 spiro atoms. The lowest BCUT2D eigenvalue weighted by molar-refractivity contribution is 0.214. The number of rotatable bonds is 7. The summed E-state index contributed by atoms with van der Waals surface area (Å²) >= 11 is 0. The molecule has 5 nitrogen and oxygen atoms in total. The van der Waals surface area contributed by atoms with E-state index in [1.807, 2.05) is 44.3 Å². The van der Waals surface area contributed by atoms with Gasteiger partial charge in [0.2, 0.25) is 11.6 Å². The first-order valence-electron chi connectivity index (χ1n) is 9.94. The van der Waals surface area contributed by atoms with Crippen molar-refractivity contribution in [2.75, 3.05) is 13.6 Å². The van der Waals surface area contributed by atoms with E-state index in [1.54, 1.807) is 0 Å². The van der Waals surface area contributed by atoms with E-state index in [2.05, 4.69) is 46.5 Å². The van der Waals surface area contributed by atoms with Gasteiger partial charge in [0.25, 0.3) is 0 Å². The van der Waals surface area contributed by atoms with Crippen LogP contribution in [0.15, 0.2) is 65.3 Å². The van der Waals surface area contributed by atoms with Crippen molar-refractivity contribution in [3.63, 3.8) is 0 Å². The maximum absolute atomic E-state index is 6.23. The van der Waals surface area contributed by atoms with E-state index in [0.717, 1.165) is 40.8 Å². The minimum atomic E-state index is -0.0384. The van der Waals surface area contributed by atoms with Gasteiger partial charge in [-0.05, 0) is 31.5 Å². The molecule has 2 aromatic carbocycles. The molecule has 0 saturated heterocycles. The van der Waals surface area contributed by atoms with Crippen molar-refractivity contribution in [2.45, 2.75) is 26.4 Å². The predicted molar refractivity (Wildman–Crippen MR) is 116 cm³/mol. The summed E-state index contributed by atoms with van der Waals surface area (Å²) in [7, 11) is 1.90. The van der Waals surface area contributed by atoms with Gasteiger partial charge in [-0.3, -0.25) is 0 Å². The van der Waals surface area contributed by atoms with Crippen molar-refractivity contribution < 1.29 is 9.15 Å². The highest BCUT2D eigenvalue weighted by molar-refractivity contribution is 6.03. The Kier molecular flexibility index (Phi) is 5.58. The Bertz CT molecular complexity index is 1090. The number of furan rings is 1. The Morgan fingerprint density at radius 2 is 1.76 bits per heavy atom. The summed E-state index contributed by atoms with van der Waals surface area (Å²) in [4.78, 5) is 8.82.